The number of aryl methyl sites for hydroxylation is 3. The molecule has 0 aliphatic heterocycles. The lowest BCUT2D eigenvalue weighted by Crippen LogP contribution is -2.19. The fourth-order valence-corrected chi connectivity index (χ4v) is 4.17. The van der Waals surface area contributed by atoms with E-state index in [1.54, 1.807) is 0 Å². The van der Waals surface area contributed by atoms with E-state index < -0.39 is 0 Å². The van der Waals surface area contributed by atoms with Crippen LogP contribution >= 0.6 is 0 Å². The highest BCUT2D eigenvalue weighted by molar-refractivity contribution is 5.90. The molecule has 1 aromatic heterocycles. The molecule has 3 rings (SSSR count). The molecular formula is C18H26N2. The van der Waals surface area contributed by atoms with E-state index in [4.69, 9.17) is 5.73 Å². The minimum Gasteiger partial charge on any atom is -0.350 e. The van der Waals surface area contributed by atoms with E-state index >= 15 is 0 Å². The number of nitrogens with two attached hydrogens (primary N) is 1. The van der Waals surface area contributed by atoms with E-state index in [1.165, 1.54) is 53.3 Å². The van der Waals surface area contributed by atoms with Crippen molar-refractivity contribution < 1.29 is 0 Å². The first-order valence-corrected chi connectivity index (χ1v) is 7.88. The number of benzene rings is 1. The van der Waals surface area contributed by atoms with Gasteiger partial charge in [0, 0.05) is 24.5 Å². The first-order valence-electron chi connectivity index (χ1n) is 7.88. The Labute approximate surface area is 122 Å². The largest absolute Gasteiger partial charge is 0.350 e. The van der Waals surface area contributed by atoms with Crippen LogP contribution in [0.4, 0.5) is 0 Å². The Morgan fingerprint density at radius 2 is 1.85 bits per heavy atom. The summed E-state index contributed by atoms with van der Waals surface area (Å²) in [6, 6.07) is 4.48. The summed E-state index contributed by atoms with van der Waals surface area (Å²) in [4.78, 5) is 0. The average Bonchev–Trinajstić information content (AvgIpc) is 3.05. The molecule has 1 aliphatic rings. The van der Waals surface area contributed by atoms with Gasteiger partial charge in [-0.2, -0.15) is 0 Å². The monoisotopic (exact) mass is 270 g/mol. The number of aromatic nitrogens is 1. The first-order chi connectivity index (χ1) is 9.63. The Morgan fingerprint density at radius 1 is 1.20 bits per heavy atom. The summed E-state index contributed by atoms with van der Waals surface area (Å²) >= 11 is 0. The molecule has 2 heteroatoms. The van der Waals surface area contributed by atoms with Crippen LogP contribution in [0.1, 0.15) is 48.3 Å². The van der Waals surface area contributed by atoms with Gasteiger partial charge in [-0.1, -0.05) is 25.0 Å². The zero-order chi connectivity index (χ0) is 14.3. The van der Waals surface area contributed by atoms with E-state index in [2.05, 4.69) is 43.8 Å². The fourth-order valence-electron chi connectivity index (χ4n) is 4.17. The van der Waals surface area contributed by atoms with Crippen LogP contribution in [0.2, 0.25) is 0 Å². The van der Waals surface area contributed by atoms with Crippen molar-refractivity contribution in [3.63, 3.8) is 0 Å². The summed E-state index contributed by atoms with van der Waals surface area (Å²) in [7, 11) is 2.17. The molecule has 2 aromatic rings. The Kier molecular flexibility index (Phi) is 3.59. The molecule has 0 radical (unpaired) electrons. The normalized spacial score (nSPS) is 18.0. The number of fused-ring (bicyclic) bond motifs is 1. The zero-order valence-electron chi connectivity index (χ0n) is 12.9. The van der Waals surface area contributed by atoms with Gasteiger partial charge in [0.25, 0.3) is 0 Å². The number of hydrogen-bond donors (Lipinski definition) is 1. The van der Waals surface area contributed by atoms with Gasteiger partial charge >= 0.3 is 0 Å². The third-order valence-electron chi connectivity index (χ3n) is 5.18. The minimum atomic E-state index is 0.529. The highest BCUT2D eigenvalue weighted by atomic mass is 14.9. The van der Waals surface area contributed by atoms with Crippen molar-refractivity contribution >= 4 is 10.9 Å². The summed E-state index contributed by atoms with van der Waals surface area (Å²) in [5.74, 6) is 1.31. The number of rotatable bonds is 3. The minimum absolute atomic E-state index is 0.529. The van der Waals surface area contributed by atoms with Crippen molar-refractivity contribution in [2.24, 2.45) is 18.7 Å². The molecule has 1 atom stereocenters. The van der Waals surface area contributed by atoms with Gasteiger partial charge in [-0.15, -0.1) is 0 Å². The van der Waals surface area contributed by atoms with Gasteiger partial charge in [0.1, 0.15) is 0 Å². The summed E-state index contributed by atoms with van der Waals surface area (Å²) in [5, 5.41) is 1.45. The fraction of sp³-hybridized carbons (Fsp3) is 0.556. The Morgan fingerprint density at radius 3 is 2.50 bits per heavy atom. The number of hydrogen-bond acceptors (Lipinski definition) is 1. The van der Waals surface area contributed by atoms with Gasteiger partial charge in [0.2, 0.25) is 0 Å². The van der Waals surface area contributed by atoms with Crippen LogP contribution in [0.25, 0.3) is 10.9 Å². The Hall–Kier alpha value is -1.28. The van der Waals surface area contributed by atoms with Crippen molar-refractivity contribution in [2.45, 2.75) is 45.4 Å². The molecule has 1 unspecified atom stereocenters. The van der Waals surface area contributed by atoms with Crippen molar-refractivity contribution in [2.75, 3.05) is 6.54 Å². The third-order valence-corrected chi connectivity index (χ3v) is 5.18. The topological polar surface area (TPSA) is 30.9 Å². The molecule has 2 nitrogen and oxygen atoms in total. The van der Waals surface area contributed by atoms with E-state index in [-0.39, 0.29) is 0 Å². The van der Waals surface area contributed by atoms with Gasteiger partial charge < -0.3 is 10.3 Å². The second-order valence-corrected chi connectivity index (χ2v) is 6.51. The second kappa shape index (κ2) is 5.25. The van der Waals surface area contributed by atoms with E-state index in [0.717, 1.165) is 12.5 Å². The standard InChI is InChI=1S/C18H26N2/c1-12-8-9-13(2)18-17(12)16(11-20(18)3)15(10-19)14-6-4-5-7-14/h8-9,11,14-15H,4-7,10,19H2,1-3H3. The smallest absolute Gasteiger partial charge is 0.0513 e. The SMILES string of the molecule is Cc1ccc(C)c2c1c(C(CN)C1CCCC1)cn2C. The van der Waals surface area contributed by atoms with E-state index in [1.807, 2.05) is 0 Å². The molecule has 2 N–H and O–H groups in total. The van der Waals surface area contributed by atoms with Gasteiger partial charge in [-0.05, 0) is 55.8 Å². The van der Waals surface area contributed by atoms with Crippen molar-refractivity contribution in [3.8, 4) is 0 Å². The van der Waals surface area contributed by atoms with Crippen LogP contribution in [-0.4, -0.2) is 11.1 Å². The van der Waals surface area contributed by atoms with Gasteiger partial charge in [-0.3, -0.25) is 0 Å². The molecule has 1 saturated carbocycles. The molecule has 1 fully saturated rings. The summed E-state index contributed by atoms with van der Waals surface area (Å²) in [6.45, 7) is 5.21. The van der Waals surface area contributed by atoms with Crippen LogP contribution in [-0.2, 0) is 7.05 Å². The average molecular weight is 270 g/mol. The predicted octanol–water partition coefficient (Wildman–Crippen LogP) is 4.03. The molecular weight excluding hydrogens is 244 g/mol. The van der Waals surface area contributed by atoms with Crippen molar-refractivity contribution in [3.05, 3.63) is 35.0 Å². The summed E-state index contributed by atoms with van der Waals surface area (Å²) < 4.78 is 2.30. The van der Waals surface area contributed by atoms with Crippen molar-refractivity contribution in [1.29, 1.82) is 0 Å². The van der Waals surface area contributed by atoms with E-state index in [9.17, 15) is 0 Å². The lowest BCUT2D eigenvalue weighted by atomic mass is 9.84. The lowest BCUT2D eigenvalue weighted by Gasteiger charge is -2.22. The van der Waals surface area contributed by atoms with Crippen LogP contribution in [0.5, 0.6) is 0 Å². The molecule has 1 aromatic carbocycles. The molecule has 1 heterocycles. The maximum absolute atomic E-state index is 6.16. The van der Waals surface area contributed by atoms with Crippen LogP contribution in [0.15, 0.2) is 18.3 Å². The quantitative estimate of drug-likeness (QED) is 0.897. The molecule has 0 amide bonds. The lowest BCUT2D eigenvalue weighted by molar-refractivity contribution is 0.442. The summed E-state index contributed by atoms with van der Waals surface area (Å²) in [5.41, 5.74) is 11.8. The zero-order valence-corrected chi connectivity index (χ0v) is 12.9. The predicted molar refractivity (Wildman–Crippen MR) is 86.1 cm³/mol. The number of nitrogens with zero attached hydrogens (tertiary/aromatic N) is 1. The third kappa shape index (κ3) is 2.07. The maximum atomic E-state index is 6.16. The van der Waals surface area contributed by atoms with Crippen LogP contribution in [0, 0.1) is 19.8 Å². The highest BCUT2D eigenvalue weighted by Crippen LogP contribution is 2.41. The second-order valence-electron chi connectivity index (χ2n) is 6.51. The van der Waals surface area contributed by atoms with Gasteiger partial charge in [0.15, 0.2) is 0 Å². The van der Waals surface area contributed by atoms with Gasteiger partial charge in [-0.25, -0.2) is 0 Å². The maximum Gasteiger partial charge on any atom is 0.0513 e. The molecule has 0 spiro atoms. The van der Waals surface area contributed by atoms with Crippen LogP contribution < -0.4 is 5.73 Å². The van der Waals surface area contributed by atoms with Gasteiger partial charge in [0.05, 0.1) is 5.52 Å². The molecule has 0 bridgehead atoms. The van der Waals surface area contributed by atoms with Crippen LogP contribution in [0.3, 0.4) is 0 Å². The molecule has 20 heavy (non-hydrogen) atoms. The van der Waals surface area contributed by atoms with Crippen molar-refractivity contribution in [1.82, 2.24) is 4.57 Å². The highest BCUT2D eigenvalue weighted by Gasteiger charge is 2.28. The molecule has 0 saturated heterocycles. The Balaban J connectivity index is 2.17. The summed E-state index contributed by atoms with van der Waals surface area (Å²) in [6.07, 6.45) is 7.79. The first kappa shape index (κ1) is 13.7. The van der Waals surface area contributed by atoms with E-state index in [0.29, 0.717) is 5.92 Å². The Bertz CT molecular complexity index is 618. The molecule has 1 aliphatic carbocycles. The molecule has 108 valence electrons.